The summed E-state index contributed by atoms with van der Waals surface area (Å²) in [7, 11) is 3.27. The SMILES string of the molecule is CNC(=O)COc1cccc(-c2nc3ncc(Cl)c(N[C@@]4(Cc5ccccc5OC)CCNC4)c3[nH]2)c1. The topological polar surface area (TPSA) is 113 Å². The highest BCUT2D eigenvalue weighted by Gasteiger charge is 2.36. The number of benzene rings is 2. The van der Waals surface area contributed by atoms with Crippen molar-refractivity contribution in [2.45, 2.75) is 18.4 Å². The van der Waals surface area contributed by atoms with Crippen LogP contribution >= 0.6 is 11.6 Å². The summed E-state index contributed by atoms with van der Waals surface area (Å²) in [6, 6.07) is 15.5. The van der Waals surface area contributed by atoms with Crippen molar-refractivity contribution in [3.63, 3.8) is 0 Å². The van der Waals surface area contributed by atoms with Gasteiger partial charge in [-0.25, -0.2) is 9.97 Å². The van der Waals surface area contributed by atoms with Gasteiger partial charge in [0.25, 0.3) is 5.91 Å². The van der Waals surface area contributed by atoms with E-state index in [1.807, 2.05) is 36.4 Å². The second-order valence-corrected chi connectivity index (χ2v) is 9.48. The Morgan fingerprint density at radius 3 is 2.86 bits per heavy atom. The molecule has 3 heterocycles. The molecule has 0 bridgehead atoms. The van der Waals surface area contributed by atoms with Crippen LogP contribution in [0, 0.1) is 0 Å². The highest BCUT2D eigenvalue weighted by atomic mass is 35.5. The third-order valence-corrected chi connectivity index (χ3v) is 6.87. The van der Waals surface area contributed by atoms with Crippen molar-refractivity contribution in [2.24, 2.45) is 0 Å². The Morgan fingerprint density at radius 1 is 1.22 bits per heavy atom. The van der Waals surface area contributed by atoms with Gasteiger partial charge in [0.15, 0.2) is 12.3 Å². The molecule has 4 N–H and O–H groups in total. The predicted octanol–water partition coefficient (Wildman–Crippen LogP) is 3.80. The molecule has 10 heteroatoms. The summed E-state index contributed by atoms with van der Waals surface area (Å²) >= 11 is 6.69. The number of rotatable bonds is 9. The number of anilines is 1. The minimum atomic E-state index is -0.272. The van der Waals surface area contributed by atoms with Gasteiger partial charge in [0, 0.05) is 25.6 Å². The Hall–Kier alpha value is -3.82. The van der Waals surface area contributed by atoms with E-state index in [1.54, 1.807) is 26.4 Å². The summed E-state index contributed by atoms with van der Waals surface area (Å²) < 4.78 is 11.2. The Balaban J connectivity index is 1.47. The molecule has 1 amide bonds. The zero-order valence-corrected chi connectivity index (χ0v) is 21.5. The van der Waals surface area contributed by atoms with Crippen LogP contribution in [0.1, 0.15) is 12.0 Å². The number of methoxy groups -OCH3 is 1. The number of imidazole rings is 1. The first-order valence-corrected chi connectivity index (χ1v) is 12.5. The number of carbonyl (C=O) groups is 1. The lowest BCUT2D eigenvalue weighted by Crippen LogP contribution is -2.43. The van der Waals surface area contributed by atoms with Crippen molar-refractivity contribution >= 4 is 34.4 Å². The summed E-state index contributed by atoms with van der Waals surface area (Å²) in [6.45, 7) is 1.61. The highest BCUT2D eigenvalue weighted by Crippen LogP contribution is 2.36. The Kier molecular flexibility index (Phi) is 7.16. The normalized spacial score (nSPS) is 17.1. The van der Waals surface area contributed by atoms with Crippen molar-refractivity contribution in [1.29, 1.82) is 0 Å². The van der Waals surface area contributed by atoms with E-state index in [-0.39, 0.29) is 18.1 Å². The van der Waals surface area contributed by atoms with Gasteiger partial charge in [-0.3, -0.25) is 4.79 Å². The fraction of sp³-hybridized carbons (Fsp3) is 0.296. The lowest BCUT2D eigenvalue weighted by Gasteiger charge is -2.32. The Labute approximate surface area is 219 Å². The molecule has 0 saturated carbocycles. The van der Waals surface area contributed by atoms with Gasteiger partial charge in [0.05, 0.1) is 29.6 Å². The number of carbonyl (C=O) groups excluding carboxylic acids is 1. The monoisotopic (exact) mass is 520 g/mol. The molecule has 1 aliphatic rings. The second kappa shape index (κ2) is 10.7. The summed E-state index contributed by atoms with van der Waals surface area (Å²) in [5, 5.41) is 10.3. The molecule has 0 unspecified atom stereocenters. The number of halogens is 1. The molecular formula is C27H29ClN6O3. The maximum Gasteiger partial charge on any atom is 0.257 e. The number of nitrogens with zero attached hydrogens (tertiary/aromatic N) is 2. The van der Waals surface area contributed by atoms with E-state index < -0.39 is 0 Å². The molecule has 5 rings (SSSR count). The first-order valence-electron chi connectivity index (χ1n) is 12.1. The Bertz CT molecular complexity index is 1420. The van der Waals surface area contributed by atoms with Crippen LogP contribution in [-0.4, -0.2) is 60.3 Å². The zero-order chi connectivity index (χ0) is 25.8. The van der Waals surface area contributed by atoms with Gasteiger partial charge in [0.1, 0.15) is 22.8 Å². The maximum absolute atomic E-state index is 11.6. The highest BCUT2D eigenvalue weighted by molar-refractivity contribution is 6.34. The minimum Gasteiger partial charge on any atom is -0.496 e. The number of ether oxygens (including phenoxy) is 2. The Morgan fingerprint density at radius 2 is 2.08 bits per heavy atom. The fourth-order valence-electron chi connectivity index (χ4n) is 4.67. The number of hydrogen-bond donors (Lipinski definition) is 4. The minimum absolute atomic E-state index is 0.0619. The second-order valence-electron chi connectivity index (χ2n) is 9.08. The molecule has 1 atom stereocenters. The molecule has 1 saturated heterocycles. The largest absolute Gasteiger partial charge is 0.496 e. The van der Waals surface area contributed by atoms with Gasteiger partial charge in [-0.15, -0.1) is 0 Å². The smallest absolute Gasteiger partial charge is 0.257 e. The number of aromatic nitrogens is 3. The van der Waals surface area contributed by atoms with Crippen LogP contribution in [-0.2, 0) is 11.2 Å². The molecule has 192 valence electrons. The van der Waals surface area contributed by atoms with Crippen LogP contribution in [0.5, 0.6) is 11.5 Å². The molecule has 1 aliphatic heterocycles. The van der Waals surface area contributed by atoms with Gasteiger partial charge in [-0.1, -0.05) is 41.9 Å². The molecule has 0 aliphatic carbocycles. The van der Waals surface area contributed by atoms with Crippen molar-refractivity contribution in [2.75, 3.05) is 39.2 Å². The third-order valence-electron chi connectivity index (χ3n) is 6.59. The molecule has 0 spiro atoms. The predicted molar refractivity (Wildman–Crippen MR) is 144 cm³/mol. The van der Waals surface area contributed by atoms with Gasteiger partial charge in [0.2, 0.25) is 0 Å². The maximum atomic E-state index is 11.6. The summed E-state index contributed by atoms with van der Waals surface area (Å²) in [6.07, 6.45) is 3.30. The number of para-hydroxylation sites is 1. The molecule has 37 heavy (non-hydrogen) atoms. The summed E-state index contributed by atoms with van der Waals surface area (Å²) in [5.74, 6) is 1.86. The van der Waals surface area contributed by atoms with E-state index in [1.165, 1.54) is 0 Å². The van der Waals surface area contributed by atoms with E-state index in [0.29, 0.717) is 22.2 Å². The van der Waals surface area contributed by atoms with Gasteiger partial charge >= 0.3 is 0 Å². The number of amides is 1. The van der Waals surface area contributed by atoms with E-state index in [4.69, 9.17) is 26.1 Å². The van der Waals surface area contributed by atoms with Crippen LogP contribution in [0.15, 0.2) is 54.7 Å². The van der Waals surface area contributed by atoms with Gasteiger partial charge < -0.3 is 30.4 Å². The molecule has 2 aromatic carbocycles. The van der Waals surface area contributed by atoms with Gasteiger partial charge in [-0.2, -0.15) is 0 Å². The zero-order valence-electron chi connectivity index (χ0n) is 20.7. The third kappa shape index (κ3) is 5.33. The van der Waals surface area contributed by atoms with Crippen molar-refractivity contribution in [3.05, 3.63) is 65.3 Å². The molecule has 9 nitrogen and oxygen atoms in total. The van der Waals surface area contributed by atoms with E-state index in [0.717, 1.165) is 54.0 Å². The fourth-order valence-corrected chi connectivity index (χ4v) is 4.86. The number of aromatic amines is 1. The summed E-state index contributed by atoms with van der Waals surface area (Å²) in [4.78, 5) is 24.1. The van der Waals surface area contributed by atoms with Crippen LogP contribution in [0.25, 0.3) is 22.6 Å². The van der Waals surface area contributed by atoms with Crippen molar-refractivity contribution in [1.82, 2.24) is 25.6 Å². The average molecular weight is 521 g/mol. The van der Waals surface area contributed by atoms with Crippen LogP contribution < -0.4 is 25.4 Å². The molecular weight excluding hydrogens is 492 g/mol. The number of hydrogen-bond acceptors (Lipinski definition) is 7. The lowest BCUT2D eigenvalue weighted by atomic mass is 9.89. The van der Waals surface area contributed by atoms with Crippen LogP contribution in [0.3, 0.4) is 0 Å². The molecule has 4 aromatic rings. The number of pyridine rings is 1. The van der Waals surface area contributed by atoms with Crippen molar-refractivity contribution in [3.8, 4) is 22.9 Å². The van der Waals surface area contributed by atoms with Crippen molar-refractivity contribution < 1.29 is 14.3 Å². The number of fused-ring (bicyclic) bond motifs is 1. The van der Waals surface area contributed by atoms with E-state index in [2.05, 4.69) is 32.0 Å². The molecule has 2 aromatic heterocycles. The van der Waals surface area contributed by atoms with Crippen LogP contribution in [0.2, 0.25) is 5.02 Å². The summed E-state index contributed by atoms with van der Waals surface area (Å²) in [5.41, 5.74) is 3.70. The van der Waals surface area contributed by atoms with Gasteiger partial charge in [-0.05, 0) is 36.7 Å². The van der Waals surface area contributed by atoms with E-state index in [9.17, 15) is 4.79 Å². The number of H-pyrrole nitrogens is 1. The number of nitrogens with one attached hydrogen (secondary N) is 4. The first-order chi connectivity index (χ1) is 18.0. The average Bonchev–Trinajstić information content (AvgIpc) is 3.57. The molecule has 0 radical (unpaired) electrons. The quantitative estimate of drug-likeness (QED) is 0.265. The van der Waals surface area contributed by atoms with Crippen LogP contribution in [0.4, 0.5) is 5.69 Å². The first kappa shape index (κ1) is 24.9. The standard InChI is InChI=1S/C27H29ClN6O3/c1-29-22(35)15-37-19-8-5-7-17(12-19)25-32-24-23(20(28)14-31-26(24)33-25)34-27(10-11-30-16-27)13-18-6-3-4-9-21(18)36-2/h3-9,12,14,30H,10-11,13,15-16H2,1-2H3,(H,29,35)(H2,31,32,33,34)/t27-/m1/s1. The molecule has 1 fully saturated rings. The lowest BCUT2D eigenvalue weighted by molar-refractivity contribution is -0.122. The number of likely N-dealkylation sites (N-methyl/N-ethyl adjacent to an activating group) is 1. The van der Waals surface area contributed by atoms with E-state index >= 15 is 0 Å².